The van der Waals surface area contributed by atoms with Gasteiger partial charge < -0.3 is 20.1 Å². The molecule has 0 atom stereocenters. The Morgan fingerprint density at radius 1 is 1.30 bits per heavy atom. The van der Waals surface area contributed by atoms with Gasteiger partial charge in [0.25, 0.3) is 0 Å². The molecule has 0 fully saturated rings. The molecule has 20 heavy (non-hydrogen) atoms. The molecule has 0 aromatic heterocycles. The highest BCUT2D eigenvalue weighted by atomic mass is 16.5. The van der Waals surface area contributed by atoms with Crippen molar-refractivity contribution >= 4 is 11.7 Å². The van der Waals surface area contributed by atoms with E-state index >= 15 is 0 Å². The zero-order valence-electron chi connectivity index (χ0n) is 11.8. The molecule has 2 amide bonds. The Morgan fingerprint density at radius 3 is 3.00 bits per heavy atom. The van der Waals surface area contributed by atoms with Gasteiger partial charge in [0.2, 0.25) is 0 Å². The van der Waals surface area contributed by atoms with Gasteiger partial charge in [0.05, 0.1) is 18.9 Å². The highest BCUT2D eigenvalue weighted by Crippen LogP contribution is 2.44. The number of hydrogen-bond acceptors (Lipinski definition) is 3. The molecular formula is C15H20N2O3. The van der Waals surface area contributed by atoms with Crippen LogP contribution in [-0.2, 0) is 12.8 Å². The van der Waals surface area contributed by atoms with Crippen LogP contribution in [0.15, 0.2) is 6.07 Å². The van der Waals surface area contributed by atoms with Crippen molar-refractivity contribution in [3.05, 3.63) is 17.2 Å². The summed E-state index contributed by atoms with van der Waals surface area (Å²) < 4.78 is 11.3. The number of anilines is 1. The molecule has 0 radical (unpaired) electrons. The first-order valence-corrected chi connectivity index (χ1v) is 7.28. The van der Waals surface area contributed by atoms with Gasteiger partial charge in [-0.15, -0.1) is 0 Å². The van der Waals surface area contributed by atoms with Crippen LogP contribution >= 0.6 is 0 Å². The number of urea groups is 1. The highest BCUT2D eigenvalue weighted by molar-refractivity contribution is 5.93. The van der Waals surface area contributed by atoms with E-state index in [1.54, 1.807) is 0 Å². The summed E-state index contributed by atoms with van der Waals surface area (Å²) in [6, 6.07) is 1.88. The van der Waals surface area contributed by atoms with Crippen LogP contribution in [0.2, 0.25) is 0 Å². The fraction of sp³-hybridized carbons (Fsp3) is 0.533. The number of nitrogens with one attached hydrogen (secondary N) is 2. The fourth-order valence-corrected chi connectivity index (χ4v) is 2.65. The molecular weight excluding hydrogens is 256 g/mol. The number of ether oxygens (including phenoxy) is 2. The largest absolute Gasteiger partial charge is 0.493 e. The maximum Gasteiger partial charge on any atom is 0.319 e. The Bertz CT molecular complexity index is 496. The monoisotopic (exact) mass is 276 g/mol. The number of carbonyl (C=O) groups excluding carboxylic acids is 1. The first kappa shape index (κ1) is 13.1. The molecule has 2 heterocycles. The van der Waals surface area contributed by atoms with E-state index in [0.29, 0.717) is 19.8 Å². The summed E-state index contributed by atoms with van der Waals surface area (Å²) in [5, 5.41) is 5.81. The van der Waals surface area contributed by atoms with E-state index in [1.165, 1.54) is 0 Å². The normalized spacial score (nSPS) is 15.1. The summed E-state index contributed by atoms with van der Waals surface area (Å²) in [7, 11) is 0. The van der Waals surface area contributed by atoms with E-state index in [9.17, 15) is 4.79 Å². The van der Waals surface area contributed by atoms with Crippen LogP contribution in [0.25, 0.3) is 0 Å². The first-order chi connectivity index (χ1) is 9.79. The molecule has 5 heteroatoms. The van der Waals surface area contributed by atoms with E-state index < -0.39 is 0 Å². The molecule has 1 aromatic carbocycles. The third-order valence-corrected chi connectivity index (χ3v) is 3.71. The standard InChI is InChI=1S/C15H20N2O3/c1-2-3-6-16-15(18)17-13-11-5-8-19-12(11)9-10-4-7-20-14(10)13/h9H,2-8H2,1H3,(H2,16,17,18). The van der Waals surface area contributed by atoms with Crippen LogP contribution in [0.3, 0.4) is 0 Å². The molecule has 0 saturated carbocycles. The van der Waals surface area contributed by atoms with Gasteiger partial charge >= 0.3 is 6.03 Å². The molecule has 5 nitrogen and oxygen atoms in total. The minimum Gasteiger partial charge on any atom is -0.493 e. The van der Waals surface area contributed by atoms with Crippen LogP contribution in [0, 0.1) is 0 Å². The number of hydrogen-bond donors (Lipinski definition) is 2. The van der Waals surface area contributed by atoms with E-state index in [4.69, 9.17) is 9.47 Å². The molecule has 2 aliphatic heterocycles. The minimum atomic E-state index is -0.170. The van der Waals surface area contributed by atoms with Crippen LogP contribution in [0.1, 0.15) is 30.9 Å². The lowest BCUT2D eigenvalue weighted by molar-refractivity contribution is 0.251. The van der Waals surface area contributed by atoms with Crippen LogP contribution in [0.5, 0.6) is 11.5 Å². The lowest BCUT2D eigenvalue weighted by atomic mass is 10.0. The molecule has 0 aliphatic carbocycles. The second-order valence-corrected chi connectivity index (χ2v) is 5.15. The molecule has 1 aromatic rings. The van der Waals surface area contributed by atoms with E-state index in [2.05, 4.69) is 17.6 Å². The summed E-state index contributed by atoms with van der Waals surface area (Å²) in [5.41, 5.74) is 2.97. The summed E-state index contributed by atoms with van der Waals surface area (Å²) in [6.07, 6.45) is 3.74. The Hall–Kier alpha value is -1.91. The van der Waals surface area contributed by atoms with Gasteiger partial charge in [0.15, 0.2) is 0 Å². The summed E-state index contributed by atoms with van der Waals surface area (Å²) in [6.45, 7) is 4.13. The van der Waals surface area contributed by atoms with Crippen molar-refractivity contribution in [1.29, 1.82) is 0 Å². The van der Waals surface area contributed by atoms with Crippen molar-refractivity contribution in [2.24, 2.45) is 0 Å². The average molecular weight is 276 g/mol. The van der Waals surface area contributed by atoms with Crippen molar-refractivity contribution in [2.75, 3.05) is 25.1 Å². The van der Waals surface area contributed by atoms with Crippen LogP contribution in [-0.4, -0.2) is 25.8 Å². The van der Waals surface area contributed by atoms with Gasteiger partial charge in [-0.25, -0.2) is 4.79 Å². The maximum absolute atomic E-state index is 12.0. The average Bonchev–Trinajstić information content (AvgIpc) is 3.07. The lowest BCUT2D eigenvalue weighted by Gasteiger charge is -2.14. The summed E-state index contributed by atoms with van der Waals surface area (Å²) >= 11 is 0. The Kier molecular flexibility index (Phi) is 3.67. The Morgan fingerprint density at radius 2 is 2.15 bits per heavy atom. The van der Waals surface area contributed by atoms with Gasteiger partial charge in [-0.2, -0.15) is 0 Å². The van der Waals surface area contributed by atoms with E-state index in [-0.39, 0.29) is 6.03 Å². The quantitative estimate of drug-likeness (QED) is 0.831. The predicted octanol–water partition coefficient (Wildman–Crippen LogP) is 2.48. The van der Waals surface area contributed by atoms with Crippen LogP contribution in [0.4, 0.5) is 10.5 Å². The summed E-state index contributed by atoms with van der Waals surface area (Å²) in [4.78, 5) is 12.0. The highest BCUT2D eigenvalue weighted by Gasteiger charge is 2.27. The molecule has 0 unspecified atom stereocenters. The van der Waals surface area contributed by atoms with Gasteiger partial charge in [-0.1, -0.05) is 13.3 Å². The molecule has 0 spiro atoms. The first-order valence-electron chi connectivity index (χ1n) is 7.28. The Labute approximate surface area is 118 Å². The molecule has 2 aliphatic rings. The van der Waals surface area contributed by atoms with Crippen molar-refractivity contribution in [3.63, 3.8) is 0 Å². The number of rotatable bonds is 4. The van der Waals surface area contributed by atoms with Crippen molar-refractivity contribution in [2.45, 2.75) is 32.6 Å². The molecule has 2 N–H and O–H groups in total. The number of benzene rings is 1. The third-order valence-electron chi connectivity index (χ3n) is 3.71. The fourth-order valence-electron chi connectivity index (χ4n) is 2.65. The van der Waals surface area contributed by atoms with Gasteiger partial charge in [-0.3, -0.25) is 0 Å². The molecule has 108 valence electrons. The van der Waals surface area contributed by atoms with Gasteiger partial charge in [-0.05, 0) is 12.5 Å². The smallest absolute Gasteiger partial charge is 0.319 e. The lowest BCUT2D eigenvalue weighted by Crippen LogP contribution is -2.30. The molecule has 0 bridgehead atoms. The predicted molar refractivity (Wildman–Crippen MR) is 76.8 cm³/mol. The number of carbonyl (C=O) groups is 1. The second kappa shape index (κ2) is 5.61. The topological polar surface area (TPSA) is 59.6 Å². The molecule has 3 rings (SSSR count). The third kappa shape index (κ3) is 2.40. The van der Waals surface area contributed by atoms with Crippen molar-refractivity contribution in [3.8, 4) is 11.5 Å². The zero-order valence-corrected chi connectivity index (χ0v) is 11.8. The second-order valence-electron chi connectivity index (χ2n) is 5.15. The van der Waals surface area contributed by atoms with Gasteiger partial charge in [0.1, 0.15) is 11.5 Å². The minimum absolute atomic E-state index is 0.170. The van der Waals surface area contributed by atoms with Crippen molar-refractivity contribution < 1.29 is 14.3 Å². The van der Waals surface area contributed by atoms with E-state index in [1.807, 2.05) is 6.07 Å². The Balaban J connectivity index is 1.80. The molecule has 0 saturated heterocycles. The zero-order chi connectivity index (χ0) is 13.9. The number of amides is 2. The number of unbranched alkanes of at least 4 members (excludes halogenated alkanes) is 1. The SMILES string of the molecule is CCCCNC(=O)Nc1c2c(cc3c1OCC3)OCC2. The van der Waals surface area contributed by atoms with Crippen LogP contribution < -0.4 is 20.1 Å². The van der Waals surface area contributed by atoms with Gasteiger partial charge in [0, 0.05) is 30.5 Å². The maximum atomic E-state index is 12.0. The van der Waals surface area contributed by atoms with Crippen molar-refractivity contribution in [1.82, 2.24) is 5.32 Å². The van der Waals surface area contributed by atoms with E-state index in [0.717, 1.165) is 54.0 Å². The summed E-state index contributed by atoms with van der Waals surface area (Å²) in [5.74, 6) is 1.71. The number of fused-ring (bicyclic) bond motifs is 2.